The summed E-state index contributed by atoms with van der Waals surface area (Å²) in [5, 5.41) is 2.43. The first-order valence-corrected chi connectivity index (χ1v) is 13.3. The van der Waals surface area contributed by atoms with Gasteiger partial charge in [-0.3, -0.25) is 9.78 Å². The van der Waals surface area contributed by atoms with Gasteiger partial charge in [0.2, 0.25) is 21.8 Å². The number of alkyl halides is 6. The molecular weight excluding hydrogens is 587 g/mol. The molecule has 2 aromatic heterocycles. The predicted octanol–water partition coefficient (Wildman–Crippen LogP) is 4.06. The van der Waals surface area contributed by atoms with E-state index in [1.165, 1.54) is 0 Å². The summed E-state index contributed by atoms with van der Waals surface area (Å²) in [7, 11) is -4.20. The van der Waals surface area contributed by atoms with E-state index in [9.17, 15) is 43.9 Å². The number of rotatable bonds is 7. The third kappa shape index (κ3) is 5.81. The van der Waals surface area contributed by atoms with E-state index in [0.29, 0.717) is 19.0 Å². The fraction of sp³-hybridized carbons (Fsp3) is 0.333. The number of pyridine rings is 1. The standard InChI is InChI=1S/C24H18F7N5O4S/c25-15-1-3-17(4-2-15)41(38,39)36-16-5-12(6-16)20(36)21(37)33-8-13-7-18(32-11-19(13)40-24(29,30)31)14-9-34-22(35-10-14)23(26,27)28/h1-4,7,9-12,16,20H,5-6,8H2,(H,33,37)/t12?,16?,20-/m0/s1. The number of ether oxygens (including phenoxy) is 1. The fourth-order valence-corrected chi connectivity index (χ4v) is 6.68. The molecule has 2 aliphatic heterocycles. The SMILES string of the molecule is O=C(NCc1cc(-c2cnc(C(F)(F)F)nc2)ncc1OC(F)(F)F)[C@@H]1C2CC(C2)N1S(=O)(=O)c1ccc(F)cc1. The number of carbonyl (C=O) groups excluding carboxylic acids is 1. The second-order valence-corrected chi connectivity index (χ2v) is 11.2. The summed E-state index contributed by atoms with van der Waals surface area (Å²) in [6, 6.07) is 3.49. The number of halogens is 7. The Balaban J connectivity index is 1.39. The molecule has 1 saturated carbocycles. The molecule has 3 aromatic rings. The second-order valence-electron chi connectivity index (χ2n) is 9.35. The van der Waals surface area contributed by atoms with Gasteiger partial charge in [0.25, 0.3) is 0 Å². The van der Waals surface area contributed by atoms with Crippen molar-refractivity contribution in [1.82, 2.24) is 24.6 Å². The van der Waals surface area contributed by atoms with E-state index >= 15 is 0 Å². The molecule has 41 heavy (non-hydrogen) atoms. The van der Waals surface area contributed by atoms with Crippen LogP contribution in [0.2, 0.25) is 0 Å². The minimum atomic E-state index is -5.13. The molecule has 218 valence electrons. The minimum Gasteiger partial charge on any atom is -0.404 e. The molecule has 6 rings (SSSR count). The molecule has 1 aromatic carbocycles. The first-order valence-electron chi connectivity index (χ1n) is 11.8. The number of sulfonamides is 1. The van der Waals surface area contributed by atoms with Gasteiger partial charge in [-0.1, -0.05) is 0 Å². The summed E-state index contributed by atoms with van der Waals surface area (Å²) in [6.07, 6.45) is -6.90. The molecule has 0 spiro atoms. The Kier molecular flexibility index (Phi) is 7.13. The van der Waals surface area contributed by atoms with E-state index in [1.807, 2.05) is 0 Å². The van der Waals surface area contributed by atoms with Crippen LogP contribution in [0.15, 0.2) is 53.8 Å². The van der Waals surface area contributed by atoms with Crippen LogP contribution in [0.3, 0.4) is 0 Å². The smallest absolute Gasteiger partial charge is 0.404 e. The number of fused-ring (bicyclic) bond motifs is 1. The number of nitrogens with one attached hydrogen (secondary N) is 1. The first-order chi connectivity index (χ1) is 19.1. The highest BCUT2D eigenvalue weighted by Crippen LogP contribution is 2.48. The third-order valence-electron chi connectivity index (χ3n) is 6.72. The summed E-state index contributed by atoms with van der Waals surface area (Å²) in [5.41, 5.74) is -0.419. The molecular formula is C24H18F7N5O4S. The van der Waals surface area contributed by atoms with Gasteiger partial charge in [0.15, 0.2) is 5.75 Å². The molecule has 0 radical (unpaired) electrons. The maximum absolute atomic E-state index is 13.3. The molecule has 17 heteroatoms. The number of aromatic nitrogens is 3. The van der Waals surface area contributed by atoms with E-state index in [1.54, 1.807) is 0 Å². The van der Waals surface area contributed by atoms with Crippen LogP contribution in [0.4, 0.5) is 30.7 Å². The Hall–Kier alpha value is -3.86. The summed E-state index contributed by atoms with van der Waals surface area (Å²) in [6.45, 7) is -0.570. The van der Waals surface area contributed by atoms with Gasteiger partial charge in [0.05, 0.1) is 16.8 Å². The van der Waals surface area contributed by atoms with Crippen LogP contribution in [0.5, 0.6) is 5.75 Å². The maximum Gasteiger partial charge on any atom is 0.573 e. The van der Waals surface area contributed by atoms with Crippen molar-refractivity contribution in [3.63, 3.8) is 0 Å². The van der Waals surface area contributed by atoms with Crippen LogP contribution >= 0.6 is 0 Å². The lowest BCUT2D eigenvalue weighted by Crippen LogP contribution is -2.46. The highest BCUT2D eigenvalue weighted by Gasteiger charge is 2.58. The summed E-state index contributed by atoms with van der Waals surface area (Å²) < 4.78 is 122. The summed E-state index contributed by atoms with van der Waals surface area (Å²) in [4.78, 5) is 23.2. The molecule has 2 saturated heterocycles. The van der Waals surface area contributed by atoms with E-state index in [2.05, 4.69) is 25.0 Å². The van der Waals surface area contributed by atoms with Gasteiger partial charge in [0, 0.05) is 36.1 Å². The van der Waals surface area contributed by atoms with E-state index in [0.717, 1.165) is 47.0 Å². The molecule has 1 atom stereocenters. The molecule has 1 aliphatic carbocycles. The van der Waals surface area contributed by atoms with Gasteiger partial charge in [-0.15, -0.1) is 13.2 Å². The van der Waals surface area contributed by atoms with Crippen LogP contribution in [0.25, 0.3) is 11.3 Å². The van der Waals surface area contributed by atoms with E-state index < -0.39 is 64.5 Å². The van der Waals surface area contributed by atoms with Gasteiger partial charge in [-0.25, -0.2) is 22.8 Å². The van der Waals surface area contributed by atoms with Crippen LogP contribution in [0.1, 0.15) is 24.2 Å². The highest BCUT2D eigenvalue weighted by atomic mass is 32.2. The van der Waals surface area contributed by atoms with Gasteiger partial charge in [-0.05, 0) is 49.1 Å². The third-order valence-corrected chi connectivity index (χ3v) is 8.66. The van der Waals surface area contributed by atoms with Crippen molar-refractivity contribution in [3.8, 4) is 17.0 Å². The summed E-state index contributed by atoms with van der Waals surface area (Å²) in [5.74, 6) is -3.99. The van der Waals surface area contributed by atoms with Gasteiger partial charge < -0.3 is 10.1 Å². The average molecular weight is 605 g/mol. The van der Waals surface area contributed by atoms with Crippen LogP contribution < -0.4 is 10.1 Å². The Labute approximate surface area is 227 Å². The Morgan fingerprint density at radius 1 is 1.00 bits per heavy atom. The quantitative estimate of drug-likeness (QED) is 0.404. The average Bonchev–Trinajstić information content (AvgIpc) is 3.45. The molecule has 4 heterocycles. The maximum atomic E-state index is 13.3. The van der Waals surface area contributed by atoms with Crippen LogP contribution in [0, 0.1) is 11.7 Å². The Bertz CT molecular complexity index is 1560. The zero-order valence-corrected chi connectivity index (χ0v) is 21.3. The molecule has 3 aliphatic rings. The number of nitrogens with zero attached hydrogens (tertiary/aromatic N) is 4. The van der Waals surface area contributed by atoms with Crippen LogP contribution in [-0.2, 0) is 27.5 Å². The zero-order valence-electron chi connectivity index (χ0n) is 20.4. The summed E-state index contributed by atoms with van der Waals surface area (Å²) >= 11 is 0. The van der Waals surface area contributed by atoms with Crippen molar-refractivity contribution in [3.05, 3.63) is 66.1 Å². The molecule has 9 nitrogen and oxygen atoms in total. The van der Waals surface area contributed by atoms with Crippen molar-refractivity contribution in [2.75, 3.05) is 0 Å². The molecule has 3 fully saturated rings. The van der Waals surface area contributed by atoms with Crippen molar-refractivity contribution in [2.45, 2.75) is 48.9 Å². The predicted molar refractivity (Wildman–Crippen MR) is 125 cm³/mol. The molecule has 2 bridgehead atoms. The number of carbonyl (C=O) groups is 1. The number of hydrogen-bond donors (Lipinski definition) is 1. The normalized spacial score (nSPS) is 20.9. The Morgan fingerprint density at radius 2 is 1.63 bits per heavy atom. The van der Waals surface area contributed by atoms with Gasteiger partial charge >= 0.3 is 12.5 Å². The molecule has 1 N–H and O–H groups in total. The second kappa shape index (κ2) is 10.2. The van der Waals surface area contributed by atoms with E-state index in [4.69, 9.17) is 0 Å². The fourth-order valence-electron chi connectivity index (χ4n) is 4.82. The lowest BCUT2D eigenvalue weighted by molar-refractivity contribution is -0.275. The number of benzene rings is 1. The molecule has 1 amide bonds. The number of amides is 1. The minimum absolute atomic E-state index is 0.0580. The number of hydrogen-bond acceptors (Lipinski definition) is 7. The Morgan fingerprint density at radius 3 is 2.22 bits per heavy atom. The highest BCUT2D eigenvalue weighted by molar-refractivity contribution is 7.89. The largest absolute Gasteiger partial charge is 0.573 e. The lowest BCUT2D eigenvalue weighted by Gasteiger charge is -2.25. The lowest BCUT2D eigenvalue weighted by atomic mass is 9.83. The monoisotopic (exact) mass is 605 g/mol. The molecule has 0 unspecified atom stereocenters. The van der Waals surface area contributed by atoms with Crippen molar-refractivity contribution >= 4 is 15.9 Å². The topological polar surface area (TPSA) is 114 Å². The van der Waals surface area contributed by atoms with Crippen LogP contribution in [-0.4, -0.2) is 52.0 Å². The van der Waals surface area contributed by atoms with E-state index in [-0.39, 0.29) is 27.6 Å². The van der Waals surface area contributed by atoms with Crippen molar-refractivity contribution < 1.29 is 48.7 Å². The van der Waals surface area contributed by atoms with Gasteiger partial charge in [-0.2, -0.15) is 17.5 Å². The zero-order chi connectivity index (χ0) is 29.7. The van der Waals surface area contributed by atoms with Crippen molar-refractivity contribution in [2.24, 2.45) is 5.92 Å². The first kappa shape index (κ1) is 28.7. The van der Waals surface area contributed by atoms with Gasteiger partial charge in [0.1, 0.15) is 11.9 Å². The van der Waals surface area contributed by atoms with Crippen molar-refractivity contribution in [1.29, 1.82) is 0 Å².